The molecule has 0 aliphatic carbocycles. The molecule has 55 heavy (non-hydrogen) atoms. The summed E-state index contributed by atoms with van der Waals surface area (Å²) in [6, 6.07) is 69.3. The summed E-state index contributed by atoms with van der Waals surface area (Å²) in [5.74, 6) is 1.82. The first-order valence-electron chi connectivity index (χ1n) is 18.4. The van der Waals surface area contributed by atoms with E-state index < -0.39 is 0 Å². The van der Waals surface area contributed by atoms with Gasteiger partial charge in [-0.05, 0) is 68.8 Å². The van der Waals surface area contributed by atoms with E-state index >= 15 is 0 Å². The van der Waals surface area contributed by atoms with Crippen molar-refractivity contribution in [1.29, 1.82) is 0 Å². The van der Waals surface area contributed by atoms with Gasteiger partial charge in [0.25, 0.3) is 0 Å². The molecule has 0 aliphatic rings. The van der Waals surface area contributed by atoms with E-state index in [9.17, 15) is 0 Å². The van der Waals surface area contributed by atoms with Crippen LogP contribution in [0.15, 0.2) is 205 Å². The standard InChI is InChI=1S/C51H33N3O/c1-4-14-34(15-5-1)35-26-28-36(29-27-35)39-20-12-21-40(32-39)43-24-13-25-46-48(43)45-31-30-41(33-47(45)55-46)50-52-49(38-18-8-3-9-19-38)53-51(54-50)44-23-11-10-22-42(44)37-16-6-2-7-17-37/h1-33H. The quantitative estimate of drug-likeness (QED) is 0.166. The average Bonchev–Trinajstić information content (AvgIpc) is 3.66. The van der Waals surface area contributed by atoms with Crippen molar-refractivity contribution >= 4 is 21.9 Å². The summed E-state index contributed by atoms with van der Waals surface area (Å²) in [4.78, 5) is 15.2. The average molecular weight is 704 g/mol. The Morgan fingerprint density at radius 1 is 0.273 bits per heavy atom. The van der Waals surface area contributed by atoms with Crippen LogP contribution in [-0.2, 0) is 0 Å². The smallest absolute Gasteiger partial charge is 0.164 e. The zero-order chi connectivity index (χ0) is 36.6. The first kappa shape index (κ1) is 32.2. The zero-order valence-corrected chi connectivity index (χ0v) is 29.8. The molecule has 0 spiro atoms. The Labute approximate surface area is 319 Å². The predicted molar refractivity (Wildman–Crippen MR) is 225 cm³/mol. The van der Waals surface area contributed by atoms with Crippen LogP contribution in [-0.4, -0.2) is 15.0 Å². The Morgan fingerprint density at radius 3 is 1.49 bits per heavy atom. The third-order valence-corrected chi connectivity index (χ3v) is 10.2. The fraction of sp³-hybridized carbons (Fsp3) is 0. The molecule has 0 amide bonds. The van der Waals surface area contributed by atoms with Gasteiger partial charge in [-0.15, -0.1) is 0 Å². The summed E-state index contributed by atoms with van der Waals surface area (Å²) in [6.45, 7) is 0. The minimum absolute atomic E-state index is 0.584. The van der Waals surface area contributed by atoms with Gasteiger partial charge in [0.05, 0.1) is 0 Å². The second-order valence-corrected chi connectivity index (χ2v) is 13.6. The van der Waals surface area contributed by atoms with Gasteiger partial charge in [-0.3, -0.25) is 0 Å². The maximum Gasteiger partial charge on any atom is 0.164 e. The van der Waals surface area contributed by atoms with Crippen molar-refractivity contribution < 1.29 is 4.42 Å². The van der Waals surface area contributed by atoms with Crippen LogP contribution in [0.3, 0.4) is 0 Å². The summed E-state index contributed by atoms with van der Waals surface area (Å²) in [5, 5.41) is 2.12. The van der Waals surface area contributed by atoms with E-state index in [4.69, 9.17) is 19.4 Å². The highest BCUT2D eigenvalue weighted by atomic mass is 16.3. The maximum atomic E-state index is 6.58. The van der Waals surface area contributed by atoms with Crippen molar-refractivity contribution in [1.82, 2.24) is 15.0 Å². The molecule has 0 unspecified atom stereocenters. The van der Waals surface area contributed by atoms with E-state index in [1.807, 2.05) is 54.6 Å². The fourth-order valence-corrected chi connectivity index (χ4v) is 7.45. The van der Waals surface area contributed by atoms with Crippen LogP contribution in [0.2, 0.25) is 0 Å². The van der Waals surface area contributed by atoms with Gasteiger partial charge < -0.3 is 4.42 Å². The number of fused-ring (bicyclic) bond motifs is 3. The molecule has 0 aliphatic heterocycles. The summed E-state index contributed by atoms with van der Waals surface area (Å²) in [6.07, 6.45) is 0. The number of hydrogen-bond acceptors (Lipinski definition) is 4. The second kappa shape index (κ2) is 13.8. The van der Waals surface area contributed by atoms with Crippen LogP contribution in [0.1, 0.15) is 0 Å². The molecule has 0 bridgehead atoms. The molecule has 8 aromatic carbocycles. The Balaban J connectivity index is 1.06. The SMILES string of the molecule is c1ccc(-c2ccc(-c3cccc(-c4cccc5oc6cc(-c7nc(-c8ccccc8)nc(-c8ccccc8-c8ccccc8)n7)ccc6c45)c3)cc2)cc1. The van der Waals surface area contributed by atoms with Gasteiger partial charge >= 0.3 is 0 Å². The van der Waals surface area contributed by atoms with E-state index in [-0.39, 0.29) is 0 Å². The molecule has 2 heterocycles. The first-order chi connectivity index (χ1) is 27.2. The molecule has 0 radical (unpaired) electrons. The molecule has 2 aromatic heterocycles. The topological polar surface area (TPSA) is 51.8 Å². The van der Waals surface area contributed by atoms with E-state index in [2.05, 4.69) is 146 Å². The van der Waals surface area contributed by atoms with Gasteiger partial charge in [0.15, 0.2) is 17.5 Å². The minimum atomic E-state index is 0.584. The highest BCUT2D eigenvalue weighted by Crippen LogP contribution is 2.40. The lowest BCUT2D eigenvalue weighted by molar-refractivity contribution is 0.669. The van der Waals surface area contributed by atoms with E-state index in [0.717, 1.165) is 66.4 Å². The molecule has 0 fully saturated rings. The molecule has 258 valence electrons. The second-order valence-electron chi connectivity index (χ2n) is 13.6. The highest BCUT2D eigenvalue weighted by molar-refractivity contribution is 6.13. The molecule has 4 nitrogen and oxygen atoms in total. The normalized spacial score (nSPS) is 11.3. The minimum Gasteiger partial charge on any atom is -0.456 e. The fourth-order valence-electron chi connectivity index (χ4n) is 7.45. The third kappa shape index (κ3) is 6.16. The lowest BCUT2D eigenvalue weighted by Gasteiger charge is -2.12. The number of aromatic nitrogens is 3. The van der Waals surface area contributed by atoms with Gasteiger partial charge in [-0.2, -0.15) is 0 Å². The van der Waals surface area contributed by atoms with Crippen LogP contribution in [0.25, 0.3) is 101 Å². The maximum absolute atomic E-state index is 6.58. The number of nitrogens with zero attached hydrogens (tertiary/aromatic N) is 3. The van der Waals surface area contributed by atoms with Crippen molar-refractivity contribution in [3.8, 4) is 78.7 Å². The molecule has 0 saturated heterocycles. The Bertz CT molecular complexity index is 2950. The molecule has 0 saturated carbocycles. The van der Waals surface area contributed by atoms with Crippen molar-refractivity contribution in [2.45, 2.75) is 0 Å². The van der Waals surface area contributed by atoms with Crippen molar-refractivity contribution in [2.75, 3.05) is 0 Å². The van der Waals surface area contributed by atoms with E-state index in [1.165, 1.54) is 16.7 Å². The van der Waals surface area contributed by atoms with E-state index in [1.54, 1.807) is 0 Å². The summed E-state index contributed by atoms with van der Waals surface area (Å²) >= 11 is 0. The van der Waals surface area contributed by atoms with Crippen LogP contribution < -0.4 is 0 Å². The Kier molecular flexibility index (Phi) is 8.12. The number of benzene rings is 8. The highest BCUT2D eigenvalue weighted by Gasteiger charge is 2.18. The Morgan fingerprint density at radius 2 is 0.764 bits per heavy atom. The van der Waals surface area contributed by atoms with E-state index in [0.29, 0.717) is 17.5 Å². The monoisotopic (exact) mass is 703 g/mol. The first-order valence-corrected chi connectivity index (χ1v) is 18.4. The number of rotatable bonds is 7. The summed E-state index contributed by atoms with van der Waals surface area (Å²) in [7, 11) is 0. The molecule has 10 aromatic rings. The zero-order valence-electron chi connectivity index (χ0n) is 29.8. The van der Waals surface area contributed by atoms with Crippen molar-refractivity contribution in [2.24, 2.45) is 0 Å². The van der Waals surface area contributed by atoms with Gasteiger partial charge in [0, 0.05) is 27.5 Å². The van der Waals surface area contributed by atoms with Crippen LogP contribution >= 0.6 is 0 Å². The molecule has 10 rings (SSSR count). The predicted octanol–water partition coefficient (Wildman–Crippen LogP) is 13.4. The van der Waals surface area contributed by atoms with Crippen molar-refractivity contribution in [3.05, 3.63) is 200 Å². The molecular weight excluding hydrogens is 671 g/mol. The van der Waals surface area contributed by atoms with Crippen LogP contribution in [0.4, 0.5) is 0 Å². The van der Waals surface area contributed by atoms with Crippen LogP contribution in [0.5, 0.6) is 0 Å². The van der Waals surface area contributed by atoms with Gasteiger partial charge in [0.2, 0.25) is 0 Å². The van der Waals surface area contributed by atoms with Crippen molar-refractivity contribution in [3.63, 3.8) is 0 Å². The number of furan rings is 1. The molecule has 0 atom stereocenters. The lowest BCUT2D eigenvalue weighted by Crippen LogP contribution is -2.01. The van der Waals surface area contributed by atoms with Gasteiger partial charge in [-0.25, -0.2) is 15.0 Å². The number of hydrogen-bond donors (Lipinski definition) is 0. The van der Waals surface area contributed by atoms with Crippen LogP contribution in [0, 0.1) is 0 Å². The summed E-state index contributed by atoms with van der Waals surface area (Å²) in [5.41, 5.74) is 13.5. The third-order valence-electron chi connectivity index (χ3n) is 10.2. The molecule has 4 heteroatoms. The summed E-state index contributed by atoms with van der Waals surface area (Å²) < 4.78 is 6.58. The Hall–Kier alpha value is -7.43. The molecule has 0 N–H and O–H groups in total. The van der Waals surface area contributed by atoms with Gasteiger partial charge in [0.1, 0.15) is 11.2 Å². The van der Waals surface area contributed by atoms with Gasteiger partial charge in [-0.1, -0.05) is 176 Å². The largest absolute Gasteiger partial charge is 0.456 e. The lowest BCUT2D eigenvalue weighted by atomic mass is 9.95. The molecular formula is C51H33N3O.